The molecule has 1 aromatic carbocycles. The van der Waals surface area contributed by atoms with Gasteiger partial charge in [-0.05, 0) is 45.7 Å². The second-order valence-corrected chi connectivity index (χ2v) is 6.84. The Hall–Kier alpha value is -1.61. The number of rotatable bonds is 5. The van der Waals surface area contributed by atoms with E-state index in [1.165, 1.54) is 11.3 Å². The molecule has 1 N–H and O–H groups in total. The molecule has 0 bridgehead atoms. The first-order valence-corrected chi connectivity index (χ1v) is 7.64. The van der Waals surface area contributed by atoms with E-state index < -0.39 is 0 Å². The number of aromatic nitrogens is 2. The summed E-state index contributed by atoms with van der Waals surface area (Å²) in [6.45, 7) is 9.65. The van der Waals surface area contributed by atoms with Gasteiger partial charge in [-0.25, -0.2) is 0 Å². The fraction of sp³-hybridized carbons (Fsp3) is 0.500. The van der Waals surface area contributed by atoms with Gasteiger partial charge in [-0.2, -0.15) is 5.10 Å². The third kappa shape index (κ3) is 4.71. The highest BCUT2D eigenvalue weighted by Gasteiger charge is 2.18. The number of aryl methyl sites for hydroxylation is 2. The quantitative estimate of drug-likeness (QED) is 0.912. The molecule has 1 unspecified atom stereocenters. The summed E-state index contributed by atoms with van der Waals surface area (Å²) in [6, 6.07) is 12.9. The molecule has 0 saturated carbocycles. The third-order valence-electron chi connectivity index (χ3n) is 3.70. The molecule has 0 radical (unpaired) electrons. The van der Waals surface area contributed by atoms with Crippen LogP contribution in [-0.4, -0.2) is 21.9 Å². The molecule has 0 fully saturated rings. The van der Waals surface area contributed by atoms with Gasteiger partial charge in [-0.15, -0.1) is 0 Å². The molecule has 0 amide bonds. The number of hydrogen-bond acceptors (Lipinski definition) is 2. The van der Waals surface area contributed by atoms with Gasteiger partial charge in [-0.1, -0.05) is 30.3 Å². The minimum absolute atomic E-state index is 0.134. The Balaban J connectivity index is 2.18. The Bertz CT molecular complexity index is 564. The Morgan fingerprint density at radius 3 is 2.38 bits per heavy atom. The lowest BCUT2D eigenvalue weighted by atomic mass is 9.93. The van der Waals surface area contributed by atoms with Crippen molar-refractivity contribution in [3.63, 3.8) is 0 Å². The van der Waals surface area contributed by atoms with Gasteiger partial charge < -0.3 is 5.32 Å². The summed E-state index contributed by atoms with van der Waals surface area (Å²) in [5.41, 5.74) is 3.89. The Labute approximate surface area is 128 Å². The van der Waals surface area contributed by atoms with Gasteiger partial charge in [-0.3, -0.25) is 4.68 Å². The van der Waals surface area contributed by atoms with E-state index in [1.54, 1.807) is 0 Å². The predicted octanol–water partition coefficient (Wildman–Crippen LogP) is 3.44. The van der Waals surface area contributed by atoms with Crippen LogP contribution in [0.15, 0.2) is 36.4 Å². The van der Waals surface area contributed by atoms with Crippen molar-refractivity contribution in [2.24, 2.45) is 7.05 Å². The van der Waals surface area contributed by atoms with Crippen LogP contribution in [-0.2, 0) is 13.5 Å². The van der Waals surface area contributed by atoms with Crippen molar-refractivity contribution in [2.45, 2.75) is 45.6 Å². The zero-order valence-corrected chi connectivity index (χ0v) is 13.9. The predicted molar refractivity (Wildman–Crippen MR) is 88.6 cm³/mol. The fourth-order valence-corrected chi connectivity index (χ4v) is 2.57. The molecule has 3 nitrogen and oxygen atoms in total. The average molecular weight is 285 g/mol. The first kappa shape index (κ1) is 15.8. The van der Waals surface area contributed by atoms with Gasteiger partial charge in [0.15, 0.2) is 0 Å². The average Bonchev–Trinajstić information content (AvgIpc) is 2.72. The zero-order chi connectivity index (χ0) is 15.5. The first-order chi connectivity index (χ1) is 9.85. The van der Waals surface area contributed by atoms with Crippen molar-refractivity contribution in [3.8, 4) is 0 Å². The van der Waals surface area contributed by atoms with Crippen molar-refractivity contribution in [1.82, 2.24) is 15.1 Å². The highest BCUT2D eigenvalue weighted by atomic mass is 15.3. The van der Waals surface area contributed by atoms with E-state index in [4.69, 9.17) is 0 Å². The molecule has 2 aromatic rings. The van der Waals surface area contributed by atoms with Crippen molar-refractivity contribution in [3.05, 3.63) is 53.3 Å². The van der Waals surface area contributed by atoms with Gasteiger partial charge in [0.25, 0.3) is 0 Å². The zero-order valence-electron chi connectivity index (χ0n) is 13.9. The number of benzene rings is 1. The molecule has 2 rings (SSSR count). The minimum Gasteiger partial charge on any atom is -0.311 e. The van der Waals surface area contributed by atoms with Gasteiger partial charge in [0.1, 0.15) is 0 Å². The summed E-state index contributed by atoms with van der Waals surface area (Å²) in [5.74, 6) is 0.459. The maximum atomic E-state index is 4.46. The van der Waals surface area contributed by atoms with E-state index in [0.29, 0.717) is 5.92 Å². The van der Waals surface area contributed by atoms with Crippen molar-refractivity contribution >= 4 is 0 Å². The number of nitrogens with one attached hydrogen (secondary N) is 1. The molecule has 1 atom stereocenters. The van der Waals surface area contributed by atoms with E-state index in [0.717, 1.165) is 18.7 Å². The van der Waals surface area contributed by atoms with Crippen LogP contribution >= 0.6 is 0 Å². The first-order valence-electron chi connectivity index (χ1n) is 7.64. The van der Waals surface area contributed by atoms with Gasteiger partial charge in [0.05, 0.1) is 5.69 Å². The lowest BCUT2D eigenvalue weighted by Gasteiger charge is -2.25. The van der Waals surface area contributed by atoms with Crippen molar-refractivity contribution < 1.29 is 0 Å². The molecule has 1 aromatic heterocycles. The van der Waals surface area contributed by atoms with Crippen LogP contribution < -0.4 is 5.32 Å². The maximum Gasteiger partial charge on any atom is 0.0596 e. The summed E-state index contributed by atoms with van der Waals surface area (Å²) in [4.78, 5) is 0. The molecule has 0 aliphatic rings. The topological polar surface area (TPSA) is 29.9 Å². The van der Waals surface area contributed by atoms with Crippen LogP contribution in [0.25, 0.3) is 0 Å². The molecule has 0 aliphatic carbocycles. The molecule has 114 valence electrons. The summed E-state index contributed by atoms with van der Waals surface area (Å²) in [5, 5.41) is 8.10. The van der Waals surface area contributed by atoms with Crippen LogP contribution in [0.5, 0.6) is 0 Å². The summed E-state index contributed by atoms with van der Waals surface area (Å²) >= 11 is 0. The van der Waals surface area contributed by atoms with Crippen LogP contribution in [0.4, 0.5) is 0 Å². The largest absolute Gasteiger partial charge is 0.311 e. The maximum absolute atomic E-state index is 4.46. The van der Waals surface area contributed by atoms with E-state index in [-0.39, 0.29) is 5.54 Å². The van der Waals surface area contributed by atoms with E-state index >= 15 is 0 Å². The van der Waals surface area contributed by atoms with Gasteiger partial charge in [0.2, 0.25) is 0 Å². The number of hydrogen-bond donors (Lipinski definition) is 1. The van der Waals surface area contributed by atoms with Crippen molar-refractivity contribution in [1.29, 1.82) is 0 Å². The van der Waals surface area contributed by atoms with Crippen LogP contribution in [0.1, 0.15) is 43.6 Å². The molecular formula is C18H27N3. The Morgan fingerprint density at radius 2 is 1.86 bits per heavy atom. The second-order valence-electron chi connectivity index (χ2n) is 6.84. The van der Waals surface area contributed by atoms with E-state index in [1.807, 2.05) is 11.7 Å². The fourth-order valence-electron chi connectivity index (χ4n) is 2.57. The Kier molecular flexibility index (Phi) is 4.84. The van der Waals surface area contributed by atoms with Crippen LogP contribution in [0, 0.1) is 6.92 Å². The van der Waals surface area contributed by atoms with Crippen LogP contribution in [0.2, 0.25) is 0 Å². The lowest BCUT2D eigenvalue weighted by molar-refractivity contribution is 0.403. The molecular weight excluding hydrogens is 258 g/mol. The minimum atomic E-state index is 0.134. The van der Waals surface area contributed by atoms with E-state index in [9.17, 15) is 0 Å². The lowest BCUT2D eigenvalue weighted by Crippen LogP contribution is -2.39. The highest BCUT2D eigenvalue weighted by Crippen LogP contribution is 2.21. The molecule has 1 heterocycles. The second kappa shape index (κ2) is 6.44. The monoisotopic (exact) mass is 285 g/mol. The van der Waals surface area contributed by atoms with Gasteiger partial charge >= 0.3 is 0 Å². The van der Waals surface area contributed by atoms with Crippen molar-refractivity contribution in [2.75, 3.05) is 6.54 Å². The Morgan fingerprint density at radius 1 is 1.19 bits per heavy atom. The molecule has 21 heavy (non-hydrogen) atoms. The summed E-state index contributed by atoms with van der Waals surface area (Å²) in [7, 11) is 2.03. The molecule has 3 heteroatoms. The smallest absolute Gasteiger partial charge is 0.0596 e. The SMILES string of the molecule is Cc1cc(CC(CNC(C)(C)C)c2ccccc2)n(C)n1. The highest BCUT2D eigenvalue weighted by molar-refractivity contribution is 5.23. The van der Waals surface area contributed by atoms with Gasteiger partial charge in [0, 0.05) is 30.7 Å². The summed E-state index contributed by atoms with van der Waals surface area (Å²) < 4.78 is 2.00. The molecule has 0 spiro atoms. The molecule has 0 saturated heterocycles. The molecule has 0 aliphatic heterocycles. The standard InChI is InChI=1S/C18H27N3/c1-14-11-17(21(5)20-14)12-16(13-19-18(2,3)4)15-9-7-6-8-10-15/h6-11,16,19H,12-13H2,1-5H3. The third-order valence-corrected chi connectivity index (χ3v) is 3.70. The number of nitrogens with zero attached hydrogens (tertiary/aromatic N) is 2. The summed E-state index contributed by atoms with van der Waals surface area (Å²) in [6.07, 6.45) is 1.00. The van der Waals surface area contributed by atoms with Crippen LogP contribution in [0.3, 0.4) is 0 Å². The normalized spacial score (nSPS) is 13.4. The van der Waals surface area contributed by atoms with E-state index in [2.05, 4.69) is 74.5 Å².